The zero-order valence-electron chi connectivity index (χ0n) is 17.5. The van der Waals surface area contributed by atoms with Crippen LogP contribution in [0.3, 0.4) is 0 Å². The summed E-state index contributed by atoms with van der Waals surface area (Å²) in [5.74, 6) is 1.59. The minimum Gasteiger partial charge on any atom is -0.474 e. The van der Waals surface area contributed by atoms with Crippen LogP contribution in [0.1, 0.15) is 44.1 Å². The fourth-order valence-electron chi connectivity index (χ4n) is 4.03. The zero-order chi connectivity index (χ0) is 19.9. The van der Waals surface area contributed by atoms with Crippen molar-refractivity contribution in [3.63, 3.8) is 0 Å². The number of ether oxygens (including phenoxy) is 1. The highest BCUT2D eigenvalue weighted by Crippen LogP contribution is 2.25. The van der Waals surface area contributed by atoms with Gasteiger partial charge in [-0.05, 0) is 61.6 Å². The van der Waals surface area contributed by atoms with Crippen molar-refractivity contribution in [1.82, 2.24) is 15.6 Å². The molecule has 1 aliphatic heterocycles. The lowest BCUT2D eigenvalue weighted by Crippen LogP contribution is -2.48. The highest BCUT2D eigenvalue weighted by molar-refractivity contribution is 14.0. The van der Waals surface area contributed by atoms with Gasteiger partial charge in [-0.2, -0.15) is 0 Å². The molecule has 6 nitrogen and oxygen atoms in total. The smallest absolute Gasteiger partial charge is 0.213 e. The fraction of sp³-hybridized carbons (Fsp3) is 0.545. The maximum atomic E-state index is 5.94. The van der Waals surface area contributed by atoms with E-state index in [4.69, 9.17) is 4.74 Å². The largest absolute Gasteiger partial charge is 0.474 e. The second-order valence-electron chi connectivity index (χ2n) is 7.81. The summed E-state index contributed by atoms with van der Waals surface area (Å²) in [4.78, 5) is 11.3. The molecule has 3 heterocycles. The Bertz CT molecular complexity index is 769. The summed E-state index contributed by atoms with van der Waals surface area (Å²) in [6.45, 7) is 2.87. The molecule has 0 unspecified atom stereocenters. The van der Waals surface area contributed by atoms with Crippen LogP contribution in [0.15, 0.2) is 40.8 Å². The molecule has 4 rings (SSSR count). The molecule has 0 aromatic carbocycles. The lowest BCUT2D eigenvalue weighted by atomic mass is 10.1. The first-order valence-electron chi connectivity index (χ1n) is 10.7. The van der Waals surface area contributed by atoms with Gasteiger partial charge in [0.15, 0.2) is 5.96 Å². The lowest BCUT2D eigenvalue weighted by Gasteiger charge is -2.33. The van der Waals surface area contributed by atoms with Gasteiger partial charge in [0.05, 0.1) is 5.00 Å². The minimum absolute atomic E-state index is 0. The number of thiophene rings is 1. The van der Waals surface area contributed by atoms with Gasteiger partial charge >= 0.3 is 0 Å². The van der Waals surface area contributed by atoms with E-state index in [0.717, 1.165) is 56.2 Å². The Morgan fingerprint density at radius 2 is 2.00 bits per heavy atom. The Labute approximate surface area is 200 Å². The number of halogens is 1. The first kappa shape index (κ1) is 23.1. The minimum atomic E-state index is 0. The number of anilines is 1. The molecule has 0 spiro atoms. The van der Waals surface area contributed by atoms with E-state index < -0.39 is 0 Å². The molecule has 2 fully saturated rings. The average Bonchev–Trinajstić information content (AvgIpc) is 3.47. The number of rotatable bonds is 6. The lowest BCUT2D eigenvalue weighted by molar-refractivity contribution is 0.201. The molecule has 2 aromatic heterocycles. The van der Waals surface area contributed by atoms with Crippen LogP contribution < -0.4 is 20.3 Å². The van der Waals surface area contributed by atoms with Crippen molar-refractivity contribution >= 4 is 46.3 Å². The summed E-state index contributed by atoms with van der Waals surface area (Å²) < 4.78 is 5.94. The van der Waals surface area contributed by atoms with Crippen LogP contribution in [0.25, 0.3) is 0 Å². The van der Waals surface area contributed by atoms with Crippen molar-refractivity contribution in [3.05, 3.63) is 41.4 Å². The van der Waals surface area contributed by atoms with Gasteiger partial charge in [-0.3, -0.25) is 4.99 Å². The normalized spacial score (nSPS) is 18.2. The molecule has 2 aromatic rings. The third-order valence-corrected chi connectivity index (χ3v) is 6.65. The van der Waals surface area contributed by atoms with E-state index in [0.29, 0.717) is 18.7 Å². The second kappa shape index (κ2) is 11.7. The van der Waals surface area contributed by atoms with Crippen molar-refractivity contribution in [2.24, 2.45) is 4.99 Å². The number of guanidine groups is 1. The first-order chi connectivity index (χ1) is 14.3. The standard InChI is InChI=1S/C22H31N5OS.HI/c1-23-22(26-18-10-12-27(13-11-18)21-7-4-14-29-21)25-16-17-8-9-20(24-15-17)28-19-5-2-3-6-19;/h4,7-9,14-15,18-19H,2-3,5-6,10-13,16H2,1H3,(H2,23,25,26);1H. The predicted octanol–water partition coefficient (Wildman–Crippen LogP) is 4.42. The predicted molar refractivity (Wildman–Crippen MR) is 135 cm³/mol. The number of pyridine rings is 1. The van der Waals surface area contributed by atoms with Crippen molar-refractivity contribution in [2.45, 2.75) is 57.2 Å². The Balaban J connectivity index is 0.00000256. The maximum absolute atomic E-state index is 5.94. The summed E-state index contributed by atoms with van der Waals surface area (Å²) in [6.07, 6.45) is 9.32. The van der Waals surface area contributed by atoms with Crippen LogP contribution in [-0.2, 0) is 6.54 Å². The van der Waals surface area contributed by atoms with E-state index in [1.165, 1.54) is 17.8 Å². The van der Waals surface area contributed by atoms with Crippen LogP contribution in [0.4, 0.5) is 5.00 Å². The molecule has 164 valence electrons. The fourth-order valence-corrected chi connectivity index (χ4v) is 4.82. The van der Waals surface area contributed by atoms with Gasteiger partial charge in [-0.15, -0.1) is 35.3 Å². The molecular weight excluding hydrogens is 509 g/mol. The van der Waals surface area contributed by atoms with Crippen LogP contribution in [0.5, 0.6) is 5.88 Å². The van der Waals surface area contributed by atoms with Gasteiger partial charge in [-0.25, -0.2) is 4.98 Å². The number of hydrogen-bond acceptors (Lipinski definition) is 5. The Morgan fingerprint density at radius 3 is 2.63 bits per heavy atom. The average molecular weight is 542 g/mol. The number of nitrogens with one attached hydrogen (secondary N) is 2. The molecule has 0 atom stereocenters. The third kappa shape index (κ3) is 6.47. The van der Waals surface area contributed by atoms with E-state index in [2.05, 4.69) is 49.1 Å². The van der Waals surface area contributed by atoms with Gasteiger partial charge in [0.1, 0.15) is 6.10 Å². The molecule has 2 aliphatic rings. The molecule has 0 amide bonds. The highest BCUT2D eigenvalue weighted by atomic mass is 127. The van der Waals surface area contributed by atoms with E-state index in [1.54, 1.807) is 0 Å². The van der Waals surface area contributed by atoms with Crippen LogP contribution in [0, 0.1) is 0 Å². The van der Waals surface area contributed by atoms with Crippen molar-refractivity contribution in [3.8, 4) is 5.88 Å². The third-order valence-electron chi connectivity index (χ3n) is 5.72. The van der Waals surface area contributed by atoms with Gasteiger partial charge < -0.3 is 20.3 Å². The van der Waals surface area contributed by atoms with Crippen LogP contribution >= 0.6 is 35.3 Å². The number of piperidine rings is 1. The van der Waals surface area contributed by atoms with E-state index in [-0.39, 0.29) is 24.0 Å². The summed E-state index contributed by atoms with van der Waals surface area (Å²) in [5, 5.41) is 10.5. The van der Waals surface area contributed by atoms with Crippen LogP contribution in [0.2, 0.25) is 0 Å². The topological polar surface area (TPSA) is 61.8 Å². The van der Waals surface area contributed by atoms with Gasteiger partial charge in [-0.1, -0.05) is 6.07 Å². The Kier molecular flexibility index (Phi) is 9.05. The Morgan fingerprint density at radius 1 is 1.20 bits per heavy atom. The summed E-state index contributed by atoms with van der Waals surface area (Å²) in [7, 11) is 1.83. The molecule has 2 N–H and O–H groups in total. The monoisotopic (exact) mass is 541 g/mol. The SMILES string of the molecule is CN=C(NCc1ccc(OC2CCCC2)nc1)NC1CCN(c2cccs2)CC1.I. The van der Waals surface area contributed by atoms with Gasteiger partial charge in [0.2, 0.25) is 5.88 Å². The molecule has 0 bridgehead atoms. The summed E-state index contributed by atoms with van der Waals surface area (Å²) in [6, 6.07) is 8.84. The van der Waals surface area contributed by atoms with Gasteiger partial charge in [0.25, 0.3) is 0 Å². The van der Waals surface area contributed by atoms with E-state index in [9.17, 15) is 0 Å². The molecular formula is C22H32IN5OS. The molecule has 0 radical (unpaired) electrons. The van der Waals surface area contributed by atoms with Crippen molar-refractivity contribution < 1.29 is 4.74 Å². The summed E-state index contributed by atoms with van der Waals surface area (Å²) >= 11 is 1.82. The number of hydrogen-bond donors (Lipinski definition) is 2. The Hall–Kier alpha value is -1.55. The quantitative estimate of drug-likeness (QED) is 0.322. The zero-order valence-corrected chi connectivity index (χ0v) is 20.7. The molecule has 1 saturated carbocycles. The van der Waals surface area contributed by atoms with Crippen LogP contribution in [-0.4, -0.2) is 43.2 Å². The van der Waals surface area contributed by atoms with Crippen molar-refractivity contribution in [2.75, 3.05) is 25.0 Å². The molecule has 30 heavy (non-hydrogen) atoms. The highest BCUT2D eigenvalue weighted by Gasteiger charge is 2.21. The van der Waals surface area contributed by atoms with Gasteiger partial charge in [0, 0.05) is 45.0 Å². The molecule has 1 aliphatic carbocycles. The number of aliphatic imine (C=N–C) groups is 1. The summed E-state index contributed by atoms with van der Waals surface area (Å²) in [5.41, 5.74) is 1.12. The van der Waals surface area contributed by atoms with Crippen molar-refractivity contribution in [1.29, 1.82) is 0 Å². The first-order valence-corrected chi connectivity index (χ1v) is 11.6. The molecule has 8 heteroatoms. The second-order valence-corrected chi connectivity index (χ2v) is 8.74. The maximum Gasteiger partial charge on any atom is 0.213 e. The number of aromatic nitrogens is 1. The van der Waals surface area contributed by atoms with E-state index >= 15 is 0 Å². The van der Waals surface area contributed by atoms with E-state index in [1.807, 2.05) is 30.6 Å². The number of nitrogens with zero attached hydrogens (tertiary/aromatic N) is 3. The molecule has 1 saturated heterocycles.